The first-order chi connectivity index (χ1) is 15.7. The van der Waals surface area contributed by atoms with Gasteiger partial charge in [-0.25, -0.2) is 0 Å². The van der Waals surface area contributed by atoms with Crippen molar-refractivity contribution in [3.63, 3.8) is 0 Å². The van der Waals surface area contributed by atoms with Crippen molar-refractivity contribution in [2.45, 2.75) is 78.0 Å². The maximum atomic E-state index is 12.2. The summed E-state index contributed by atoms with van der Waals surface area (Å²) in [6.45, 7) is 9.28. The number of hydrogen-bond donors (Lipinski definition) is 1. The molecule has 8 heteroatoms. The highest BCUT2D eigenvalue weighted by Crippen LogP contribution is 2.29. The van der Waals surface area contributed by atoms with E-state index in [4.69, 9.17) is 16.3 Å². The van der Waals surface area contributed by atoms with Crippen molar-refractivity contribution in [2.75, 3.05) is 5.32 Å². The summed E-state index contributed by atoms with van der Waals surface area (Å²) in [5, 5.41) is 2.59. The van der Waals surface area contributed by atoms with Gasteiger partial charge >= 0.3 is 12.1 Å². The lowest BCUT2D eigenvalue weighted by Crippen LogP contribution is -2.24. The van der Waals surface area contributed by atoms with Crippen LogP contribution in [0.2, 0.25) is 5.02 Å². The van der Waals surface area contributed by atoms with Gasteiger partial charge in [-0.2, -0.15) is 13.2 Å². The van der Waals surface area contributed by atoms with Crippen LogP contribution in [0.4, 0.5) is 18.9 Å². The Morgan fingerprint density at radius 1 is 1.06 bits per heavy atom. The second-order valence-electron chi connectivity index (χ2n) is 8.93. The van der Waals surface area contributed by atoms with E-state index in [1.807, 2.05) is 13.0 Å². The highest BCUT2D eigenvalue weighted by molar-refractivity contribution is 6.33. The van der Waals surface area contributed by atoms with Crippen molar-refractivity contribution < 1.29 is 27.5 Å². The summed E-state index contributed by atoms with van der Waals surface area (Å²) in [5.74, 6) is -1.36. The SMILES string of the molecule is CC(CC(=O)OC(C)(C)C)c1ccc(Cl)c(NC(=O)CCC(F)(F)F)c1.CCc1ccccc1. The molecule has 1 atom stereocenters. The molecular formula is C26H33ClF3NO3. The van der Waals surface area contributed by atoms with Crippen LogP contribution in [-0.2, 0) is 20.7 Å². The van der Waals surface area contributed by atoms with Gasteiger partial charge in [-0.15, -0.1) is 0 Å². The highest BCUT2D eigenvalue weighted by atomic mass is 35.5. The molecular weight excluding hydrogens is 467 g/mol. The number of hydrogen-bond acceptors (Lipinski definition) is 3. The van der Waals surface area contributed by atoms with E-state index in [-0.39, 0.29) is 29.0 Å². The Labute approximate surface area is 204 Å². The minimum absolute atomic E-state index is 0.125. The molecule has 4 nitrogen and oxygen atoms in total. The summed E-state index contributed by atoms with van der Waals surface area (Å²) in [5.41, 5.74) is 1.75. The largest absolute Gasteiger partial charge is 0.460 e. The molecule has 0 aliphatic carbocycles. The monoisotopic (exact) mass is 499 g/mol. The first-order valence-electron chi connectivity index (χ1n) is 11.1. The van der Waals surface area contributed by atoms with Crippen LogP contribution in [0.15, 0.2) is 48.5 Å². The van der Waals surface area contributed by atoms with Gasteiger partial charge in [0.15, 0.2) is 0 Å². The lowest BCUT2D eigenvalue weighted by molar-refractivity contribution is -0.155. The number of anilines is 1. The molecule has 1 amide bonds. The van der Waals surface area contributed by atoms with Crippen LogP contribution in [0.5, 0.6) is 0 Å². The van der Waals surface area contributed by atoms with Gasteiger partial charge in [0.2, 0.25) is 5.91 Å². The molecule has 2 aromatic rings. The second-order valence-corrected chi connectivity index (χ2v) is 9.34. The molecule has 1 N–H and O–H groups in total. The molecule has 0 aliphatic heterocycles. The molecule has 0 aromatic heterocycles. The quantitative estimate of drug-likeness (QED) is 0.397. The van der Waals surface area contributed by atoms with Crippen molar-refractivity contribution in [1.29, 1.82) is 0 Å². The van der Waals surface area contributed by atoms with Crippen LogP contribution in [0.25, 0.3) is 0 Å². The van der Waals surface area contributed by atoms with Crippen molar-refractivity contribution in [3.8, 4) is 0 Å². The summed E-state index contributed by atoms with van der Waals surface area (Å²) in [6.07, 6.45) is -5.02. The number of benzene rings is 2. The van der Waals surface area contributed by atoms with Gasteiger partial charge in [0.1, 0.15) is 5.60 Å². The summed E-state index contributed by atoms with van der Waals surface area (Å²) >= 11 is 6.00. The van der Waals surface area contributed by atoms with E-state index in [1.54, 1.807) is 32.9 Å². The van der Waals surface area contributed by atoms with Gasteiger partial charge in [-0.3, -0.25) is 9.59 Å². The molecule has 0 bridgehead atoms. The van der Waals surface area contributed by atoms with E-state index in [9.17, 15) is 22.8 Å². The van der Waals surface area contributed by atoms with Crippen molar-refractivity contribution in [2.24, 2.45) is 0 Å². The molecule has 0 aliphatic rings. The van der Waals surface area contributed by atoms with E-state index in [0.29, 0.717) is 5.56 Å². The van der Waals surface area contributed by atoms with Gasteiger partial charge in [0.25, 0.3) is 0 Å². The fraction of sp³-hybridized carbons (Fsp3) is 0.462. The number of carbonyl (C=O) groups excluding carboxylic acids is 2. The van der Waals surface area contributed by atoms with Gasteiger partial charge < -0.3 is 10.1 Å². The number of rotatable bonds is 7. The van der Waals surface area contributed by atoms with E-state index in [0.717, 1.165) is 6.42 Å². The predicted molar refractivity (Wildman–Crippen MR) is 130 cm³/mol. The first-order valence-corrected chi connectivity index (χ1v) is 11.5. The van der Waals surface area contributed by atoms with Crippen molar-refractivity contribution in [1.82, 2.24) is 0 Å². The third-order valence-electron chi connectivity index (χ3n) is 4.61. The molecule has 0 fully saturated rings. The van der Waals surface area contributed by atoms with Gasteiger partial charge in [-0.1, -0.05) is 61.8 Å². The Balaban J connectivity index is 0.000000605. The molecule has 34 heavy (non-hydrogen) atoms. The maximum Gasteiger partial charge on any atom is 0.389 e. The van der Waals surface area contributed by atoms with Gasteiger partial charge in [0, 0.05) is 6.42 Å². The topological polar surface area (TPSA) is 55.4 Å². The molecule has 188 valence electrons. The smallest absolute Gasteiger partial charge is 0.389 e. The fourth-order valence-electron chi connectivity index (χ4n) is 2.88. The summed E-state index contributed by atoms with van der Waals surface area (Å²) in [7, 11) is 0. The standard InChI is InChI=1S/C18H23ClF3NO3.C8H10/c1-11(9-16(25)26-17(2,3)4)12-5-6-13(19)14(10-12)23-15(24)7-8-18(20,21)22;1-2-8-6-4-3-5-7-8/h5-6,10-11H,7-9H2,1-4H3,(H,23,24);3-7H,2H2,1H3. The summed E-state index contributed by atoms with van der Waals surface area (Å²) in [4.78, 5) is 23.6. The van der Waals surface area contributed by atoms with E-state index >= 15 is 0 Å². The van der Waals surface area contributed by atoms with Crippen LogP contribution >= 0.6 is 11.6 Å². The number of ether oxygens (including phenoxy) is 1. The van der Waals surface area contributed by atoms with Gasteiger partial charge in [-0.05, 0) is 56.4 Å². The predicted octanol–water partition coefficient (Wildman–Crippen LogP) is 7.71. The molecule has 1 unspecified atom stereocenters. The molecule has 0 spiro atoms. The zero-order valence-electron chi connectivity index (χ0n) is 20.3. The number of carbonyl (C=O) groups is 2. The van der Waals surface area contributed by atoms with Crippen LogP contribution in [0, 0.1) is 0 Å². The average molecular weight is 500 g/mol. The zero-order valence-corrected chi connectivity index (χ0v) is 21.0. The van der Waals surface area contributed by atoms with E-state index in [2.05, 4.69) is 36.5 Å². The minimum Gasteiger partial charge on any atom is -0.460 e. The Kier molecular flexibility index (Phi) is 11.6. The third kappa shape index (κ3) is 12.6. The lowest BCUT2D eigenvalue weighted by Gasteiger charge is -2.21. The Morgan fingerprint density at radius 2 is 1.68 bits per heavy atom. The van der Waals surface area contributed by atoms with Crippen LogP contribution in [0.3, 0.4) is 0 Å². The number of aryl methyl sites for hydroxylation is 1. The van der Waals surface area contributed by atoms with Crippen molar-refractivity contribution in [3.05, 3.63) is 64.7 Å². The van der Waals surface area contributed by atoms with Gasteiger partial charge in [0.05, 0.1) is 23.6 Å². The number of halogens is 4. The zero-order chi connectivity index (χ0) is 25.9. The lowest BCUT2D eigenvalue weighted by atomic mass is 9.97. The maximum absolute atomic E-state index is 12.2. The fourth-order valence-corrected chi connectivity index (χ4v) is 3.04. The Morgan fingerprint density at radius 3 is 2.18 bits per heavy atom. The third-order valence-corrected chi connectivity index (χ3v) is 4.94. The Hall–Kier alpha value is -2.54. The number of amides is 1. The molecule has 0 radical (unpaired) electrons. The molecule has 2 aromatic carbocycles. The Bertz CT molecular complexity index is 925. The van der Waals surface area contributed by atoms with E-state index < -0.39 is 30.5 Å². The van der Waals surface area contributed by atoms with Crippen LogP contribution < -0.4 is 5.32 Å². The summed E-state index contributed by atoms with van der Waals surface area (Å²) in [6, 6.07) is 15.2. The number of nitrogens with one attached hydrogen (secondary N) is 1. The molecule has 2 rings (SSSR count). The average Bonchev–Trinajstić information content (AvgIpc) is 2.73. The number of alkyl halides is 3. The molecule has 0 saturated heterocycles. The molecule has 0 heterocycles. The van der Waals surface area contributed by atoms with Crippen molar-refractivity contribution >= 4 is 29.2 Å². The first kappa shape index (κ1) is 29.5. The highest BCUT2D eigenvalue weighted by Gasteiger charge is 2.28. The molecule has 0 saturated carbocycles. The second kappa shape index (κ2) is 13.4. The minimum atomic E-state index is -4.40. The van der Waals surface area contributed by atoms with Crippen LogP contribution in [-0.4, -0.2) is 23.7 Å². The van der Waals surface area contributed by atoms with E-state index in [1.165, 1.54) is 11.6 Å². The van der Waals surface area contributed by atoms with Crippen LogP contribution in [0.1, 0.15) is 70.9 Å². The number of esters is 1. The summed E-state index contributed by atoms with van der Waals surface area (Å²) < 4.78 is 41.9. The normalized spacial score (nSPS) is 12.3.